The lowest BCUT2D eigenvalue weighted by molar-refractivity contribution is 0.635. The molecule has 0 aromatic heterocycles. The molecule has 1 aliphatic carbocycles. The van der Waals surface area contributed by atoms with E-state index >= 15 is 0 Å². The molecule has 0 saturated heterocycles. The summed E-state index contributed by atoms with van der Waals surface area (Å²) >= 11 is 0. The minimum atomic E-state index is -0.441. The van der Waals surface area contributed by atoms with E-state index in [1.165, 1.54) is 33.4 Å². The summed E-state index contributed by atoms with van der Waals surface area (Å²) in [6.07, 6.45) is 16.9. The molecular formula is C50H46N2. The van der Waals surface area contributed by atoms with Gasteiger partial charge in [-0.05, 0) is 111 Å². The topological polar surface area (TPSA) is 6.48 Å². The first-order valence-corrected chi connectivity index (χ1v) is 18.1. The highest BCUT2D eigenvalue weighted by molar-refractivity contribution is 5.78. The summed E-state index contributed by atoms with van der Waals surface area (Å²) in [7, 11) is 0. The number of anilines is 5. The van der Waals surface area contributed by atoms with E-state index < -0.39 is 5.54 Å². The van der Waals surface area contributed by atoms with Gasteiger partial charge < -0.3 is 9.80 Å². The van der Waals surface area contributed by atoms with E-state index in [1.54, 1.807) is 0 Å². The molecule has 0 bridgehead atoms. The molecule has 1 aliphatic rings. The van der Waals surface area contributed by atoms with Crippen LogP contribution in [0, 0.1) is 27.7 Å². The quantitative estimate of drug-likeness (QED) is 0.143. The molecule has 0 heterocycles. The van der Waals surface area contributed by atoms with E-state index in [2.05, 4.69) is 232 Å². The first-order chi connectivity index (χ1) is 25.3. The molecule has 52 heavy (non-hydrogen) atoms. The first kappa shape index (κ1) is 34.3. The average Bonchev–Trinajstić information content (AvgIpc) is 3.18. The predicted octanol–water partition coefficient (Wildman–Crippen LogP) is 13.6. The SMILES string of the molecule is Cc1ccc(N(c2ccc(C)cc2)c2ccc(C=CC3(N(c4ccc(C)cc4)c4ccc(C)cc4)C=CC(C=Cc4ccccc4)=CC3)cc2)cc1. The van der Waals surface area contributed by atoms with Crippen LogP contribution in [0.15, 0.2) is 188 Å². The third-order valence-electron chi connectivity index (χ3n) is 9.80. The molecule has 6 aromatic rings. The average molecular weight is 675 g/mol. The van der Waals surface area contributed by atoms with Crippen LogP contribution in [0.3, 0.4) is 0 Å². The lowest BCUT2D eigenvalue weighted by Gasteiger charge is -2.43. The number of allylic oxidation sites excluding steroid dienone is 3. The molecule has 0 N–H and O–H groups in total. The van der Waals surface area contributed by atoms with Crippen LogP contribution in [0.4, 0.5) is 28.4 Å². The summed E-state index contributed by atoms with van der Waals surface area (Å²) in [5.74, 6) is 0. The fraction of sp³-hybridized carbons (Fsp3) is 0.120. The van der Waals surface area contributed by atoms with Crippen molar-refractivity contribution in [1.29, 1.82) is 0 Å². The Morgan fingerprint density at radius 2 is 0.865 bits per heavy atom. The second kappa shape index (κ2) is 15.4. The summed E-state index contributed by atoms with van der Waals surface area (Å²) in [4.78, 5) is 4.81. The second-order valence-electron chi connectivity index (χ2n) is 13.9. The van der Waals surface area contributed by atoms with E-state index in [0.717, 1.165) is 40.4 Å². The van der Waals surface area contributed by atoms with E-state index in [-0.39, 0.29) is 0 Å². The molecule has 1 unspecified atom stereocenters. The Labute approximate surface area is 310 Å². The molecule has 0 aliphatic heterocycles. The molecule has 7 rings (SSSR count). The zero-order valence-corrected chi connectivity index (χ0v) is 30.6. The molecule has 0 saturated carbocycles. The normalized spacial score (nSPS) is 15.6. The molecule has 0 fully saturated rings. The van der Waals surface area contributed by atoms with Crippen molar-refractivity contribution in [2.24, 2.45) is 0 Å². The number of nitrogens with zero attached hydrogens (tertiary/aromatic N) is 2. The molecule has 1 atom stereocenters. The van der Waals surface area contributed by atoms with Crippen molar-refractivity contribution in [2.45, 2.75) is 39.7 Å². The molecule has 6 aromatic carbocycles. The molecule has 2 nitrogen and oxygen atoms in total. The monoisotopic (exact) mass is 674 g/mol. The Kier molecular flexibility index (Phi) is 10.2. The van der Waals surface area contributed by atoms with Crippen molar-refractivity contribution in [3.8, 4) is 0 Å². The van der Waals surface area contributed by atoms with Crippen molar-refractivity contribution in [3.63, 3.8) is 0 Å². The summed E-state index contributed by atoms with van der Waals surface area (Å²) < 4.78 is 0. The Hall–Kier alpha value is -6.12. The standard InChI is InChI=1S/C50H46N2/c1-38-10-22-45(23-11-38)51(46-24-12-39(2)13-25-46)47-30-20-43(21-31-47)32-35-50(36-33-44(34-37-50)19-18-42-8-6-5-7-9-42)52(48-26-14-40(3)15-27-48)49-28-16-41(4)17-29-49/h5-36H,37H2,1-4H3. The third-order valence-corrected chi connectivity index (χ3v) is 9.80. The number of aryl methyl sites for hydroxylation is 4. The minimum Gasteiger partial charge on any atom is -0.328 e. The van der Waals surface area contributed by atoms with Gasteiger partial charge in [0, 0.05) is 28.4 Å². The molecule has 0 spiro atoms. The van der Waals surface area contributed by atoms with Gasteiger partial charge in [-0.1, -0.05) is 156 Å². The van der Waals surface area contributed by atoms with Crippen molar-refractivity contribution in [2.75, 3.05) is 9.80 Å². The number of benzene rings is 6. The number of hydrogen-bond acceptors (Lipinski definition) is 2. The zero-order valence-electron chi connectivity index (χ0n) is 30.6. The second-order valence-corrected chi connectivity index (χ2v) is 13.9. The highest BCUT2D eigenvalue weighted by Gasteiger charge is 2.34. The molecule has 2 heteroatoms. The van der Waals surface area contributed by atoms with E-state index in [9.17, 15) is 0 Å². The van der Waals surface area contributed by atoms with E-state index in [1.807, 2.05) is 0 Å². The zero-order chi connectivity index (χ0) is 35.9. The fourth-order valence-corrected chi connectivity index (χ4v) is 6.73. The largest absolute Gasteiger partial charge is 0.328 e. The summed E-state index contributed by atoms with van der Waals surface area (Å²) in [5, 5.41) is 0. The Balaban J connectivity index is 1.26. The van der Waals surface area contributed by atoms with Crippen LogP contribution in [0.2, 0.25) is 0 Å². The van der Waals surface area contributed by atoms with Crippen molar-refractivity contribution >= 4 is 40.6 Å². The van der Waals surface area contributed by atoms with Gasteiger partial charge in [0.1, 0.15) is 0 Å². The smallest absolute Gasteiger partial charge is 0.0858 e. The van der Waals surface area contributed by atoms with E-state index in [4.69, 9.17) is 0 Å². The fourth-order valence-electron chi connectivity index (χ4n) is 6.73. The maximum absolute atomic E-state index is 2.48. The third kappa shape index (κ3) is 7.93. The Morgan fingerprint density at radius 3 is 1.31 bits per heavy atom. The summed E-state index contributed by atoms with van der Waals surface area (Å²) in [6, 6.07) is 54.7. The van der Waals surface area contributed by atoms with Crippen LogP contribution in [-0.4, -0.2) is 5.54 Å². The van der Waals surface area contributed by atoms with Gasteiger partial charge >= 0.3 is 0 Å². The van der Waals surface area contributed by atoms with Crippen LogP contribution in [-0.2, 0) is 0 Å². The maximum atomic E-state index is 2.48. The molecule has 0 amide bonds. The maximum Gasteiger partial charge on any atom is 0.0858 e. The van der Waals surface area contributed by atoms with Crippen molar-refractivity contribution in [3.05, 3.63) is 221 Å². The molecule has 0 radical (unpaired) electrons. The van der Waals surface area contributed by atoms with E-state index in [0.29, 0.717) is 0 Å². The summed E-state index contributed by atoms with van der Waals surface area (Å²) in [6.45, 7) is 8.55. The first-order valence-electron chi connectivity index (χ1n) is 18.1. The lowest BCUT2D eigenvalue weighted by Crippen LogP contribution is -2.43. The van der Waals surface area contributed by atoms with Gasteiger partial charge in [-0.15, -0.1) is 0 Å². The van der Waals surface area contributed by atoms with Gasteiger partial charge in [0.25, 0.3) is 0 Å². The van der Waals surface area contributed by atoms with Crippen molar-refractivity contribution in [1.82, 2.24) is 0 Å². The van der Waals surface area contributed by atoms with Gasteiger partial charge in [-0.25, -0.2) is 0 Å². The summed E-state index contributed by atoms with van der Waals surface area (Å²) in [5.41, 5.74) is 13.8. The van der Waals surface area contributed by atoms with Crippen molar-refractivity contribution < 1.29 is 0 Å². The number of rotatable bonds is 10. The highest BCUT2D eigenvalue weighted by atomic mass is 15.2. The highest BCUT2D eigenvalue weighted by Crippen LogP contribution is 2.41. The van der Waals surface area contributed by atoms with Crippen LogP contribution in [0.5, 0.6) is 0 Å². The van der Waals surface area contributed by atoms with Gasteiger partial charge in [-0.3, -0.25) is 0 Å². The molecular weight excluding hydrogens is 629 g/mol. The minimum absolute atomic E-state index is 0.441. The van der Waals surface area contributed by atoms with Gasteiger partial charge in [0.2, 0.25) is 0 Å². The van der Waals surface area contributed by atoms with Gasteiger partial charge in [0.15, 0.2) is 0 Å². The predicted molar refractivity (Wildman–Crippen MR) is 224 cm³/mol. The van der Waals surface area contributed by atoms with Crippen LogP contribution >= 0.6 is 0 Å². The van der Waals surface area contributed by atoms with Gasteiger partial charge in [0.05, 0.1) is 5.54 Å². The Bertz CT molecular complexity index is 2110. The lowest BCUT2D eigenvalue weighted by atomic mass is 9.84. The van der Waals surface area contributed by atoms with Gasteiger partial charge in [-0.2, -0.15) is 0 Å². The van der Waals surface area contributed by atoms with Crippen LogP contribution in [0.1, 0.15) is 39.8 Å². The number of hydrogen-bond donors (Lipinski definition) is 0. The van der Waals surface area contributed by atoms with Crippen LogP contribution < -0.4 is 9.80 Å². The Morgan fingerprint density at radius 1 is 0.442 bits per heavy atom. The van der Waals surface area contributed by atoms with Crippen LogP contribution in [0.25, 0.3) is 12.2 Å². The molecule has 256 valence electrons.